The second-order valence-corrected chi connectivity index (χ2v) is 3.64. The van der Waals surface area contributed by atoms with Crippen LogP contribution in [0, 0.1) is 0 Å². The highest BCUT2D eigenvalue weighted by atomic mass is 16.5. The van der Waals surface area contributed by atoms with E-state index in [2.05, 4.69) is 10.3 Å². The van der Waals surface area contributed by atoms with Crippen molar-refractivity contribution in [2.24, 2.45) is 0 Å². The van der Waals surface area contributed by atoms with Crippen LogP contribution in [-0.2, 0) is 0 Å². The second kappa shape index (κ2) is 5.27. The summed E-state index contributed by atoms with van der Waals surface area (Å²) < 4.78 is 10.4. The van der Waals surface area contributed by atoms with E-state index in [0.29, 0.717) is 23.0 Å². The average molecular weight is 245 g/mol. The number of methoxy groups -OCH3 is 2. The smallest absolute Gasteiger partial charge is 0.162 e. The highest BCUT2D eigenvalue weighted by molar-refractivity contribution is 5.69. The third kappa shape index (κ3) is 2.45. The molecule has 0 bridgehead atoms. The zero-order valence-corrected chi connectivity index (χ0v) is 10.3. The van der Waals surface area contributed by atoms with Gasteiger partial charge in [0.05, 0.1) is 19.9 Å². The van der Waals surface area contributed by atoms with E-state index in [9.17, 15) is 0 Å². The Labute approximate surface area is 106 Å². The highest BCUT2D eigenvalue weighted by Gasteiger charge is 2.06. The van der Waals surface area contributed by atoms with Crippen molar-refractivity contribution >= 4 is 17.2 Å². The number of nitrogen functional groups attached to an aromatic ring is 1. The minimum atomic E-state index is 0.590. The van der Waals surface area contributed by atoms with Crippen molar-refractivity contribution in [3.05, 3.63) is 36.5 Å². The van der Waals surface area contributed by atoms with Gasteiger partial charge in [0.1, 0.15) is 0 Å². The number of nitrogens with two attached hydrogens (primary N) is 1. The van der Waals surface area contributed by atoms with Crippen LogP contribution in [-0.4, -0.2) is 19.2 Å². The first-order valence-electron chi connectivity index (χ1n) is 5.44. The van der Waals surface area contributed by atoms with Crippen LogP contribution >= 0.6 is 0 Å². The molecule has 1 heterocycles. The lowest BCUT2D eigenvalue weighted by Gasteiger charge is -2.11. The maximum absolute atomic E-state index is 5.81. The fraction of sp³-hybridized carbons (Fsp3) is 0.154. The molecule has 0 aliphatic rings. The van der Waals surface area contributed by atoms with Crippen molar-refractivity contribution in [1.82, 2.24) is 4.98 Å². The predicted octanol–water partition coefficient (Wildman–Crippen LogP) is 2.42. The van der Waals surface area contributed by atoms with Gasteiger partial charge in [-0.1, -0.05) is 0 Å². The number of rotatable bonds is 4. The van der Waals surface area contributed by atoms with E-state index in [1.165, 1.54) is 0 Å². The van der Waals surface area contributed by atoms with E-state index in [1.54, 1.807) is 32.5 Å². The first kappa shape index (κ1) is 12.0. The van der Waals surface area contributed by atoms with Crippen molar-refractivity contribution in [2.75, 3.05) is 25.3 Å². The van der Waals surface area contributed by atoms with Crippen LogP contribution in [0.4, 0.5) is 17.2 Å². The van der Waals surface area contributed by atoms with E-state index < -0.39 is 0 Å². The lowest BCUT2D eigenvalue weighted by molar-refractivity contribution is 0.355. The molecule has 0 saturated heterocycles. The molecule has 0 spiro atoms. The molecular weight excluding hydrogens is 230 g/mol. The molecule has 94 valence electrons. The fourth-order valence-corrected chi connectivity index (χ4v) is 1.57. The van der Waals surface area contributed by atoms with Gasteiger partial charge in [0.25, 0.3) is 0 Å². The second-order valence-electron chi connectivity index (χ2n) is 3.64. The van der Waals surface area contributed by atoms with Crippen LogP contribution in [0.25, 0.3) is 0 Å². The van der Waals surface area contributed by atoms with Crippen molar-refractivity contribution in [1.29, 1.82) is 0 Å². The standard InChI is InChI=1S/C13H15N3O2/c1-17-11-6-5-9(8-12(11)18-2)16-13-10(14)4-3-7-15-13/h3-8H,14H2,1-2H3,(H,15,16). The minimum Gasteiger partial charge on any atom is -0.493 e. The summed E-state index contributed by atoms with van der Waals surface area (Å²) in [7, 11) is 3.19. The zero-order chi connectivity index (χ0) is 13.0. The van der Waals surface area contributed by atoms with E-state index in [0.717, 1.165) is 5.69 Å². The molecule has 0 fully saturated rings. The van der Waals surface area contributed by atoms with E-state index in [1.807, 2.05) is 18.2 Å². The third-order valence-corrected chi connectivity index (χ3v) is 2.49. The Balaban J connectivity index is 2.27. The number of nitrogens with one attached hydrogen (secondary N) is 1. The van der Waals surface area contributed by atoms with E-state index >= 15 is 0 Å². The molecule has 18 heavy (non-hydrogen) atoms. The van der Waals surface area contributed by atoms with Crippen LogP contribution in [0.1, 0.15) is 0 Å². The summed E-state index contributed by atoms with van der Waals surface area (Å²) in [6.45, 7) is 0. The van der Waals surface area contributed by atoms with Gasteiger partial charge >= 0.3 is 0 Å². The SMILES string of the molecule is COc1ccc(Nc2ncccc2N)cc1OC. The Kier molecular flexibility index (Phi) is 3.52. The summed E-state index contributed by atoms with van der Waals surface area (Å²) >= 11 is 0. The number of benzene rings is 1. The topological polar surface area (TPSA) is 69.4 Å². The number of hydrogen-bond donors (Lipinski definition) is 2. The number of nitrogens with zero attached hydrogens (tertiary/aromatic N) is 1. The van der Waals surface area contributed by atoms with E-state index in [4.69, 9.17) is 15.2 Å². The minimum absolute atomic E-state index is 0.590. The monoisotopic (exact) mass is 245 g/mol. The van der Waals surface area contributed by atoms with Gasteiger partial charge in [0.2, 0.25) is 0 Å². The maximum Gasteiger partial charge on any atom is 0.162 e. The van der Waals surface area contributed by atoms with Crippen molar-refractivity contribution in [2.45, 2.75) is 0 Å². The van der Waals surface area contributed by atoms with Crippen LogP contribution < -0.4 is 20.5 Å². The van der Waals surface area contributed by atoms with Gasteiger partial charge in [-0.05, 0) is 24.3 Å². The molecule has 1 aromatic heterocycles. The number of ether oxygens (including phenoxy) is 2. The van der Waals surface area contributed by atoms with Gasteiger partial charge in [-0.15, -0.1) is 0 Å². The third-order valence-electron chi connectivity index (χ3n) is 2.49. The highest BCUT2D eigenvalue weighted by Crippen LogP contribution is 2.31. The fourth-order valence-electron chi connectivity index (χ4n) is 1.57. The Morgan fingerprint density at radius 1 is 1.11 bits per heavy atom. The quantitative estimate of drug-likeness (QED) is 0.865. The molecule has 0 amide bonds. The first-order chi connectivity index (χ1) is 8.74. The lowest BCUT2D eigenvalue weighted by atomic mass is 10.2. The Bertz CT molecular complexity index is 544. The summed E-state index contributed by atoms with van der Waals surface area (Å²) in [5.41, 5.74) is 7.24. The number of hydrogen-bond acceptors (Lipinski definition) is 5. The molecule has 0 aliphatic carbocycles. The molecule has 0 atom stereocenters. The molecule has 0 saturated carbocycles. The van der Waals surface area contributed by atoms with Crippen LogP contribution in [0.3, 0.4) is 0 Å². The van der Waals surface area contributed by atoms with Gasteiger partial charge in [0, 0.05) is 18.0 Å². The number of pyridine rings is 1. The van der Waals surface area contributed by atoms with Crippen molar-refractivity contribution in [3.63, 3.8) is 0 Å². The lowest BCUT2D eigenvalue weighted by Crippen LogP contribution is -1.99. The Morgan fingerprint density at radius 3 is 2.56 bits per heavy atom. The molecule has 5 nitrogen and oxygen atoms in total. The number of anilines is 3. The number of aromatic nitrogens is 1. The molecule has 0 aliphatic heterocycles. The van der Waals surface area contributed by atoms with Crippen LogP contribution in [0.2, 0.25) is 0 Å². The Morgan fingerprint density at radius 2 is 1.89 bits per heavy atom. The molecule has 2 rings (SSSR count). The average Bonchev–Trinajstić information content (AvgIpc) is 2.41. The zero-order valence-electron chi connectivity index (χ0n) is 10.3. The van der Waals surface area contributed by atoms with Crippen molar-refractivity contribution < 1.29 is 9.47 Å². The van der Waals surface area contributed by atoms with Gasteiger partial charge in [0.15, 0.2) is 17.3 Å². The normalized spacial score (nSPS) is 9.89. The molecule has 0 unspecified atom stereocenters. The molecule has 2 aromatic rings. The van der Waals surface area contributed by atoms with Crippen LogP contribution in [0.5, 0.6) is 11.5 Å². The predicted molar refractivity (Wildman–Crippen MR) is 71.5 cm³/mol. The van der Waals surface area contributed by atoms with Gasteiger partial charge in [-0.25, -0.2) is 4.98 Å². The molecule has 3 N–H and O–H groups in total. The van der Waals surface area contributed by atoms with Crippen molar-refractivity contribution in [3.8, 4) is 11.5 Å². The summed E-state index contributed by atoms with van der Waals surface area (Å²) in [4.78, 5) is 4.16. The summed E-state index contributed by atoms with van der Waals surface area (Å²) in [5.74, 6) is 1.94. The first-order valence-corrected chi connectivity index (χ1v) is 5.44. The molecular formula is C13H15N3O2. The van der Waals surface area contributed by atoms with E-state index in [-0.39, 0.29) is 0 Å². The Hall–Kier alpha value is -2.43. The van der Waals surface area contributed by atoms with Gasteiger partial charge in [-0.3, -0.25) is 0 Å². The largest absolute Gasteiger partial charge is 0.493 e. The summed E-state index contributed by atoms with van der Waals surface area (Å²) in [6.07, 6.45) is 1.68. The molecule has 0 radical (unpaired) electrons. The van der Waals surface area contributed by atoms with Crippen LogP contribution in [0.15, 0.2) is 36.5 Å². The van der Waals surface area contributed by atoms with Gasteiger partial charge in [-0.2, -0.15) is 0 Å². The van der Waals surface area contributed by atoms with Gasteiger partial charge < -0.3 is 20.5 Å². The maximum atomic E-state index is 5.81. The summed E-state index contributed by atoms with van der Waals surface area (Å²) in [5, 5.41) is 3.13. The summed E-state index contributed by atoms with van der Waals surface area (Å²) in [6, 6.07) is 9.09. The molecule has 1 aromatic carbocycles. The molecule has 5 heteroatoms.